The first-order valence-electron chi connectivity index (χ1n) is 8.02. The quantitative estimate of drug-likeness (QED) is 0.763. The molecule has 1 aromatic heterocycles. The molecule has 0 spiro atoms. The van der Waals surface area contributed by atoms with E-state index in [9.17, 15) is 0 Å². The van der Waals surface area contributed by atoms with Crippen molar-refractivity contribution >= 4 is 17.4 Å². The Balaban J connectivity index is 1.78. The van der Waals surface area contributed by atoms with Crippen molar-refractivity contribution in [1.29, 1.82) is 0 Å². The molecule has 118 valence electrons. The number of hydrogen-bond acceptors (Lipinski definition) is 4. The third kappa shape index (κ3) is 5.79. The molecular formula is C16H26ClN3O. The molecule has 5 heteroatoms. The summed E-state index contributed by atoms with van der Waals surface area (Å²) in [5.41, 5.74) is 0. The number of nitrogens with zero attached hydrogens (tertiary/aromatic N) is 2. The molecule has 21 heavy (non-hydrogen) atoms. The van der Waals surface area contributed by atoms with Gasteiger partial charge in [0.25, 0.3) is 0 Å². The third-order valence-corrected chi connectivity index (χ3v) is 4.36. The van der Waals surface area contributed by atoms with Crippen LogP contribution in [0.15, 0.2) is 6.07 Å². The van der Waals surface area contributed by atoms with Gasteiger partial charge in [-0.3, -0.25) is 0 Å². The highest BCUT2D eigenvalue weighted by Crippen LogP contribution is 2.30. The predicted molar refractivity (Wildman–Crippen MR) is 86.6 cm³/mol. The van der Waals surface area contributed by atoms with E-state index in [-0.39, 0.29) is 0 Å². The van der Waals surface area contributed by atoms with Gasteiger partial charge in [0.2, 0.25) is 0 Å². The van der Waals surface area contributed by atoms with Gasteiger partial charge in [0.05, 0.1) is 0 Å². The van der Waals surface area contributed by atoms with E-state index in [1.165, 1.54) is 32.1 Å². The molecule has 1 saturated carbocycles. The lowest BCUT2D eigenvalue weighted by Crippen LogP contribution is -2.16. The van der Waals surface area contributed by atoms with Crippen LogP contribution >= 0.6 is 11.6 Å². The van der Waals surface area contributed by atoms with Crippen LogP contribution in [0.2, 0.25) is 5.15 Å². The van der Waals surface area contributed by atoms with E-state index in [0.29, 0.717) is 24.2 Å². The van der Waals surface area contributed by atoms with E-state index in [1.807, 2.05) is 6.92 Å². The van der Waals surface area contributed by atoms with E-state index < -0.39 is 0 Å². The summed E-state index contributed by atoms with van der Waals surface area (Å²) in [7, 11) is 0. The van der Waals surface area contributed by atoms with Crippen LogP contribution in [-0.2, 0) is 11.3 Å². The van der Waals surface area contributed by atoms with E-state index in [4.69, 9.17) is 16.3 Å². The third-order valence-electron chi connectivity index (χ3n) is 4.17. The number of halogens is 1. The Bertz CT molecular complexity index is 434. The average Bonchev–Trinajstić information content (AvgIpc) is 2.47. The topological polar surface area (TPSA) is 47.0 Å². The van der Waals surface area contributed by atoms with Gasteiger partial charge >= 0.3 is 0 Å². The molecule has 0 amide bonds. The molecule has 0 atom stereocenters. The van der Waals surface area contributed by atoms with Crippen LogP contribution in [0.5, 0.6) is 0 Å². The van der Waals surface area contributed by atoms with Crippen molar-refractivity contribution in [3.05, 3.63) is 17.0 Å². The Labute approximate surface area is 132 Å². The fraction of sp³-hybridized carbons (Fsp3) is 0.750. The first-order valence-corrected chi connectivity index (χ1v) is 8.40. The maximum absolute atomic E-state index is 6.03. The number of hydrogen-bond donors (Lipinski definition) is 1. The molecule has 4 nitrogen and oxygen atoms in total. The molecular weight excluding hydrogens is 286 g/mol. The van der Waals surface area contributed by atoms with E-state index in [1.54, 1.807) is 6.07 Å². The molecule has 0 unspecified atom stereocenters. The van der Waals surface area contributed by atoms with Crippen LogP contribution in [0.1, 0.15) is 51.8 Å². The second-order valence-corrected chi connectivity index (χ2v) is 6.36. The first-order chi connectivity index (χ1) is 10.2. The number of rotatable bonds is 7. The van der Waals surface area contributed by atoms with Crippen LogP contribution in [0.4, 0.5) is 5.82 Å². The van der Waals surface area contributed by atoms with Gasteiger partial charge in [-0.05, 0) is 25.2 Å². The van der Waals surface area contributed by atoms with Crippen molar-refractivity contribution in [2.45, 2.75) is 52.6 Å². The zero-order chi connectivity index (χ0) is 15.1. The molecule has 2 rings (SSSR count). The zero-order valence-corrected chi connectivity index (χ0v) is 13.8. The molecule has 1 fully saturated rings. The normalized spacial score (nSPS) is 22.2. The van der Waals surface area contributed by atoms with Gasteiger partial charge in [-0.15, -0.1) is 0 Å². The minimum absolute atomic E-state index is 0.409. The highest BCUT2D eigenvalue weighted by molar-refractivity contribution is 6.29. The van der Waals surface area contributed by atoms with Crippen molar-refractivity contribution in [1.82, 2.24) is 9.97 Å². The molecule has 0 bridgehead atoms. The second kappa shape index (κ2) is 8.54. The van der Waals surface area contributed by atoms with Gasteiger partial charge < -0.3 is 10.1 Å². The van der Waals surface area contributed by atoms with Crippen LogP contribution < -0.4 is 5.32 Å². The number of aromatic nitrogens is 2. The maximum atomic E-state index is 6.03. The Morgan fingerprint density at radius 3 is 2.76 bits per heavy atom. The van der Waals surface area contributed by atoms with Crippen LogP contribution in [0.25, 0.3) is 0 Å². The smallest absolute Gasteiger partial charge is 0.158 e. The molecule has 1 aliphatic rings. The van der Waals surface area contributed by atoms with Crippen molar-refractivity contribution < 1.29 is 4.74 Å². The van der Waals surface area contributed by atoms with Gasteiger partial charge in [0.15, 0.2) is 5.82 Å². The van der Waals surface area contributed by atoms with E-state index in [0.717, 1.165) is 24.2 Å². The molecule has 0 aliphatic heterocycles. The van der Waals surface area contributed by atoms with E-state index >= 15 is 0 Å². The summed E-state index contributed by atoms with van der Waals surface area (Å²) in [6, 6.07) is 1.78. The molecule has 1 aliphatic carbocycles. The molecule has 0 radical (unpaired) electrons. The van der Waals surface area contributed by atoms with E-state index in [2.05, 4.69) is 22.2 Å². The lowest BCUT2D eigenvalue weighted by molar-refractivity contribution is 0.128. The Morgan fingerprint density at radius 2 is 2.05 bits per heavy atom. The fourth-order valence-electron chi connectivity index (χ4n) is 2.84. The molecule has 0 aromatic carbocycles. The summed E-state index contributed by atoms with van der Waals surface area (Å²) >= 11 is 6.03. The summed E-state index contributed by atoms with van der Waals surface area (Å²) in [4.78, 5) is 8.60. The highest BCUT2D eigenvalue weighted by Gasteiger charge is 2.17. The average molecular weight is 312 g/mol. The largest absolute Gasteiger partial charge is 0.374 e. The highest BCUT2D eigenvalue weighted by atomic mass is 35.5. The molecule has 1 heterocycles. The Hall–Kier alpha value is -0.870. The summed E-state index contributed by atoms with van der Waals surface area (Å²) in [5, 5.41) is 3.84. The van der Waals surface area contributed by atoms with Gasteiger partial charge in [0, 0.05) is 19.2 Å². The standard InChI is InChI=1S/C16H26ClN3O/c1-3-21-11-16-19-14(17)10-15(20-16)18-9-8-13-6-4-12(2)5-7-13/h10,12-13H,3-9,11H2,1-2H3,(H,18,19,20). The van der Waals surface area contributed by atoms with Crippen LogP contribution in [-0.4, -0.2) is 23.1 Å². The monoisotopic (exact) mass is 311 g/mol. The van der Waals surface area contributed by atoms with Crippen molar-refractivity contribution in [2.24, 2.45) is 11.8 Å². The Kier molecular flexibility index (Phi) is 6.71. The molecule has 0 saturated heterocycles. The van der Waals surface area contributed by atoms with Crippen molar-refractivity contribution in [3.8, 4) is 0 Å². The van der Waals surface area contributed by atoms with Gasteiger partial charge in [-0.2, -0.15) is 0 Å². The summed E-state index contributed by atoms with van der Waals surface area (Å²) in [6.07, 6.45) is 6.69. The summed E-state index contributed by atoms with van der Waals surface area (Å²) in [6.45, 7) is 6.32. The summed E-state index contributed by atoms with van der Waals surface area (Å²) in [5.74, 6) is 3.21. The minimum atomic E-state index is 0.409. The van der Waals surface area contributed by atoms with Crippen LogP contribution in [0.3, 0.4) is 0 Å². The lowest BCUT2D eigenvalue weighted by atomic mass is 9.81. The first kappa shape index (κ1) is 16.5. The fourth-order valence-corrected chi connectivity index (χ4v) is 3.04. The maximum Gasteiger partial charge on any atom is 0.158 e. The van der Waals surface area contributed by atoms with Gasteiger partial charge in [0.1, 0.15) is 17.6 Å². The number of nitrogens with one attached hydrogen (secondary N) is 1. The number of anilines is 1. The summed E-state index contributed by atoms with van der Waals surface area (Å²) < 4.78 is 5.33. The van der Waals surface area contributed by atoms with Gasteiger partial charge in [-0.25, -0.2) is 9.97 Å². The zero-order valence-electron chi connectivity index (χ0n) is 13.1. The Morgan fingerprint density at radius 1 is 1.29 bits per heavy atom. The minimum Gasteiger partial charge on any atom is -0.374 e. The second-order valence-electron chi connectivity index (χ2n) is 5.97. The molecule has 1 aromatic rings. The molecule has 1 N–H and O–H groups in total. The lowest BCUT2D eigenvalue weighted by Gasteiger charge is -2.26. The van der Waals surface area contributed by atoms with Crippen LogP contribution in [0, 0.1) is 11.8 Å². The van der Waals surface area contributed by atoms with Crippen molar-refractivity contribution in [2.75, 3.05) is 18.5 Å². The number of ether oxygens (including phenoxy) is 1. The predicted octanol–water partition coefficient (Wildman–Crippen LogP) is 4.29. The SMILES string of the molecule is CCOCc1nc(Cl)cc(NCCC2CCC(C)CC2)n1. The van der Waals surface area contributed by atoms with Gasteiger partial charge in [-0.1, -0.05) is 44.2 Å². The van der Waals surface area contributed by atoms with Crippen molar-refractivity contribution in [3.63, 3.8) is 0 Å².